The SMILES string of the molecule is Cn1cc(-c2cnn(Cc3ccccc3)c2)c(-c2cc[nH]c(=O)c2)cc1=O. The lowest BCUT2D eigenvalue weighted by atomic mass is 9.99. The number of nitrogens with one attached hydrogen (secondary N) is 1. The smallest absolute Gasteiger partial charge is 0.250 e. The topological polar surface area (TPSA) is 72.7 Å². The molecule has 4 rings (SSSR count). The average Bonchev–Trinajstić information content (AvgIpc) is 3.13. The van der Waals surface area contributed by atoms with E-state index in [1.54, 1.807) is 37.8 Å². The summed E-state index contributed by atoms with van der Waals surface area (Å²) >= 11 is 0. The molecule has 0 spiro atoms. The predicted octanol–water partition coefficient (Wildman–Crippen LogP) is 2.65. The van der Waals surface area contributed by atoms with Crippen LogP contribution in [0.2, 0.25) is 0 Å². The van der Waals surface area contributed by atoms with Crippen LogP contribution in [0.3, 0.4) is 0 Å². The van der Waals surface area contributed by atoms with E-state index in [9.17, 15) is 9.59 Å². The molecule has 134 valence electrons. The van der Waals surface area contributed by atoms with E-state index in [0.29, 0.717) is 17.7 Å². The van der Waals surface area contributed by atoms with Crippen molar-refractivity contribution < 1.29 is 0 Å². The number of aromatic nitrogens is 4. The second-order valence-corrected chi connectivity index (χ2v) is 6.40. The van der Waals surface area contributed by atoms with Crippen molar-refractivity contribution in [3.63, 3.8) is 0 Å². The van der Waals surface area contributed by atoms with Gasteiger partial charge in [-0.05, 0) is 22.8 Å². The summed E-state index contributed by atoms with van der Waals surface area (Å²) in [5.74, 6) is 0. The fourth-order valence-electron chi connectivity index (χ4n) is 3.07. The minimum absolute atomic E-state index is 0.134. The first kappa shape index (κ1) is 16.8. The van der Waals surface area contributed by atoms with Gasteiger partial charge in [0, 0.05) is 48.9 Å². The summed E-state index contributed by atoms with van der Waals surface area (Å²) in [6.45, 7) is 0.660. The standard InChI is InChI=1S/C21H18N4O2/c1-24-14-19(18(10-21(24)27)16-7-8-22-20(26)9-16)17-11-23-25(13-17)12-15-5-3-2-4-6-15/h2-11,13-14H,12H2,1H3,(H,22,26). The monoisotopic (exact) mass is 358 g/mol. The van der Waals surface area contributed by atoms with Crippen LogP contribution < -0.4 is 11.1 Å². The molecule has 0 aliphatic rings. The number of hydrogen-bond donors (Lipinski definition) is 1. The summed E-state index contributed by atoms with van der Waals surface area (Å²) in [4.78, 5) is 26.5. The highest BCUT2D eigenvalue weighted by Gasteiger charge is 2.12. The van der Waals surface area contributed by atoms with E-state index in [0.717, 1.165) is 16.7 Å². The first-order valence-corrected chi connectivity index (χ1v) is 8.57. The molecule has 6 nitrogen and oxygen atoms in total. The van der Waals surface area contributed by atoms with E-state index in [1.807, 2.05) is 29.1 Å². The third-order valence-electron chi connectivity index (χ3n) is 4.45. The molecule has 1 N–H and O–H groups in total. The van der Waals surface area contributed by atoms with Gasteiger partial charge in [0.25, 0.3) is 5.56 Å². The summed E-state index contributed by atoms with van der Waals surface area (Å²) < 4.78 is 3.39. The molecule has 0 radical (unpaired) electrons. The fraction of sp³-hybridized carbons (Fsp3) is 0.0952. The highest BCUT2D eigenvalue weighted by Crippen LogP contribution is 2.29. The van der Waals surface area contributed by atoms with Crippen LogP contribution in [0.5, 0.6) is 0 Å². The van der Waals surface area contributed by atoms with E-state index in [-0.39, 0.29) is 11.1 Å². The summed E-state index contributed by atoms with van der Waals surface area (Å²) in [6.07, 6.45) is 7.09. The molecule has 0 unspecified atom stereocenters. The van der Waals surface area contributed by atoms with Crippen molar-refractivity contribution in [2.75, 3.05) is 0 Å². The first-order chi connectivity index (χ1) is 13.1. The third-order valence-corrected chi connectivity index (χ3v) is 4.45. The molecule has 3 heterocycles. The van der Waals surface area contributed by atoms with Crippen LogP contribution >= 0.6 is 0 Å². The van der Waals surface area contributed by atoms with Gasteiger partial charge in [-0.25, -0.2) is 0 Å². The van der Waals surface area contributed by atoms with E-state index in [4.69, 9.17) is 0 Å². The molecule has 0 saturated carbocycles. The van der Waals surface area contributed by atoms with Gasteiger partial charge >= 0.3 is 0 Å². The van der Waals surface area contributed by atoms with E-state index < -0.39 is 0 Å². The second-order valence-electron chi connectivity index (χ2n) is 6.40. The molecule has 0 atom stereocenters. The van der Waals surface area contributed by atoms with Crippen LogP contribution in [-0.2, 0) is 13.6 Å². The summed E-state index contributed by atoms with van der Waals surface area (Å²) in [5.41, 5.74) is 3.96. The first-order valence-electron chi connectivity index (χ1n) is 8.57. The number of aromatic amines is 1. The van der Waals surface area contributed by atoms with Crippen molar-refractivity contribution in [1.82, 2.24) is 19.3 Å². The normalized spacial score (nSPS) is 10.9. The molecule has 1 aromatic carbocycles. The Bertz CT molecular complexity index is 1200. The van der Waals surface area contributed by atoms with E-state index in [2.05, 4.69) is 22.2 Å². The lowest BCUT2D eigenvalue weighted by Gasteiger charge is -2.10. The number of pyridine rings is 2. The third kappa shape index (κ3) is 3.50. The largest absolute Gasteiger partial charge is 0.329 e. The van der Waals surface area contributed by atoms with Crippen LogP contribution in [0.4, 0.5) is 0 Å². The van der Waals surface area contributed by atoms with Crippen LogP contribution in [-0.4, -0.2) is 19.3 Å². The van der Waals surface area contributed by atoms with Crippen molar-refractivity contribution >= 4 is 0 Å². The van der Waals surface area contributed by atoms with Gasteiger partial charge in [-0.1, -0.05) is 30.3 Å². The van der Waals surface area contributed by atoms with Gasteiger partial charge in [0.1, 0.15) is 0 Å². The molecule has 0 amide bonds. The van der Waals surface area contributed by atoms with Gasteiger partial charge in [-0.2, -0.15) is 5.10 Å². The highest BCUT2D eigenvalue weighted by molar-refractivity contribution is 5.82. The van der Waals surface area contributed by atoms with E-state index in [1.165, 1.54) is 10.6 Å². The Morgan fingerprint density at radius 1 is 0.963 bits per heavy atom. The Kier molecular flexibility index (Phi) is 4.30. The fourth-order valence-corrected chi connectivity index (χ4v) is 3.07. The Morgan fingerprint density at radius 2 is 1.78 bits per heavy atom. The molecular weight excluding hydrogens is 340 g/mol. The molecule has 0 saturated heterocycles. The molecule has 0 aliphatic heterocycles. The van der Waals surface area contributed by atoms with Gasteiger partial charge in [0.05, 0.1) is 12.7 Å². The van der Waals surface area contributed by atoms with Gasteiger partial charge in [0.15, 0.2) is 0 Å². The zero-order valence-corrected chi connectivity index (χ0v) is 14.8. The second kappa shape index (κ2) is 6.92. The minimum atomic E-state index is -0.209. The average molecular weight is 358 g/mol. The Hall–Kier alpha value is -3.67. The van der Waals surface area contributed by atoms with Gasteiger partial charge in [-0.15, -0.1) is 0 Å². The Morgan fingerprint density at radius 3 is 2.56 bits per heavy atom. The van der Waals surface area contributed by atoms with Crippen molar-refractivity contribution in [3.05, 3.63) is 99.6 Å². The number of benzene rings is 1. The summed E-state index contributed by atoms with van der Waals surface area (Å²) in [7, 11) is 1.71. The van der Waals surface area contributed by atoms with Gasteiger partial charge in [0.2, 0.25) is 5.56 Å². The van der Waals surface area contributed by atoms with Crippen molar-refractivity contribution in [2.45, 2.75) is 6.54 Å². The van der Waals surface area contributed by atoms with Gasteiger partial charge < -0.3 is 9.55 Å². The van der Waals surface area contributed by atoms with Crippen LogP contribution in [0, 0.1) is 0 Å². The van der Waals surface area contributed by atoms with Gasteiger partial charge in [-0.3, -0.25) is 14.3 Å². The molecule has 4 aromatic rings. The lowest BCUT2D eigenvalue weighted by molar-refractivity contribution is 0.687. The number of nitrogens with zero attached hydrogens (tertiary/aromatic N) is 3. The van der Waals surface area contributed by atoms with E-state index >= 15 is 0 Å². The number of H-pyrrole nitrogens is 1. The van der Waals surface area contributed by atoms with Crippen molar-refractivity contribution in [1.29, 1.82) is 0 Å². The zero-order chi connectivity index (χ0) is 18.8. The van der Waals surface area contributed by atoms with Crippen molar-refractivity contribution in [3.8, 4) is 22.3 Å². The Labute approximate surface area is 155 Å². The minimum Gasteiger partial charge on any atom is -0.329 e. The highest BCUT2D eigenvalue weighted by atomic mass is 16.1. The number of hydrogen-bond acceptors (Lipinski definition) is 3. The predicted molar refractivity (Wildman–Crippen MR) is 105 cm³/mol. The summed E-state index contributed by atoms with van der Waals surface area (Å²) in [6, 6.07) is 14.9. The maximum atomic E-state index is 12.2. The molecule has 3 aromatic heterocycles. The molecule has 0 bridgehead atoms. The number of rotatable bonds is 4. The molecule has 6 heteroatoms. The van der Waals surface area contributed by atoms with Crippen LogP contribution in [0.15, 0.2) is 82.9 Å². The number of aryl methyl sites for hydroxylation is 1. The lowest BCUT2D eigenvalue weighted by Crippen LogP contribution is -2.16. The maximum Gasteiger partial charge on any atom is 0.250 e. The molecular formula is C21H18N4O2. The summed E-state index contributed by atoms with van der Waals surface area (Å²) in [5, 5.41) is 4.45. The molecule has 0 aliphatic carbocycles. The molecule has 27 heavy (non-hydrogen) atoms. The van der Waals surface area contributed by atoms with Crippen LogP contribution in [0.25, 0.3) is 22.3 Å². The quantitative estimate of drug-likeness (QED) is 0.610. The zero-order valence-electron chi connectivity index (χ0n) is 14.8. The maximum absolute atomic E-state index is 12.2. The van der Waals surface area contributed by atoms with Crippen LogP contribution in [0.1, 0.15) is 5.56 Å². The molecule has 0 fully saturated rings. The van der Waals surface area contributed by atoms with Crippen molar-refractivity contribution in [2.24, 2.45) is 7.05 Å². The Balaban J connectivity index is 1.79.